The Hall–Kier alpha value is -2.11. The maximum atomic E-state index is 13.0. The fourth-order valence-electron chi connectivity index (χ4n) is 1.87. The van der Waals surface area contributed by atoms with Crippen LogP contribution >= 0.6 is 11.6 Å². The monoisotopic (exact) mass is 337 g/mol. The summed E-state index contributed by atoms with van der Waals surface area (Å²) in [5.41, 5.74) is 1.07. The number of rotatable bonds is 6. The van der Waals surface area contributed by atoms with Gasteiger partial charge in [0.15, 0.2) is 0 Å². The zero-order valence-electron chi connectivity index (χ0n) is 12.6. The van der Waals surface area contributed by atoms with Gasteiger partial charge < -0.3 is 15.2 Å². The second-order valence-corrected chi connectivity index (χ2v) is 5.52. The number of halogens is 2. The van der Waals surface area contributed by atoms with Crippen LogP contribution in [0, 0.1) is 5.82 Å². The van der Waals surface area contributed by atoms with E-state index < -0.39 is 11.9 Å². The molecule has 2 rings (SSSR count). The van der Waals surface area contributed by atoms with E-state index in [9.17, 15) is 14.3 Å². The van der Waals surface area contributed by atoms with Crippen molar-refractivity contribution in [2.45, 2.75) is 19.6 Å². The standard InChI is InChI=1S/C17H17ClFNO3/c1-11(21)9-20-17(22)12-3-2-4-15(7-12)23-10-13-5-6-14(19)8-16(13)18/h2-8,11,21H,9-10H2,1H3,(H,20,22). The van der Waals surface area contributed by atoms with Crippen molar-refractivity contribution in [2.75, 3.05) is 6.54 Å². The third-order valence-corrected chi connectivity index (χ3v) is 3.42. The fraction of sp³-hybridized carbons (Fsp3) is 0.235. The largest absolute Gasteiger partial charge is 0.489 e. The molecule has 2 aromatic carbocycles. The van der Waals surface area contributed by atoms with Crippen LogP contribution in [0.25, 0.3) is 0 Å². The van der Waals surface area contributed by atoms with Crippen LogP contribution in [0.5, 0.6) is 5.75 Å². The highest BCUT2D eigenvalue weighted by Gasteiger charge is 2.08. The molecule has 0 saturated carbocycles. The van der Waals surface area contributed by atoms with Crippen LogP contribution in [0.2, 0.25) is 5.02 Å². The van der Waals surface area contributed by atoms with Crippen molar-refractivity contribution in [1.82, 2.24) is 5.32 Å². The summed E-state index contributed by atoms with van der Waals surface area (Å²) in [5.74, 6) is -0.207. The number of carbonyl (C=O) groups excluding carboxylic acids is 1. The van der Waals surface area contributed by atoms with Crippen LogP contribution in [0.15, 0.2) is 42.5 Å². The molecule has 0 heterocycles. The van der Waals surface area contributed by atoms with Crippen LogP contribution in [0.1, 0.15) is 22.8 Å². The second-order valence-electron chi connectivity index (χ2n) is 5.11. The van der Waals surface area contributed by atoms with Gasteiger partial charge in [-0.05, 0) is 37.3 Å². The average molecular weight is 338 g/mol. The number of ether oxygens (including phenoxy) is 1. The summed E-state index contributed by atoms with van der Waals surface area (Å²) in [6.07, 6.45) is -0.612. The van der Waals surface area contributed by atoms with Gasteiger partial charge in [0.05, 0.1) is 11.1 Å². The molecule has 2 N–H and O–H groups in total. The van der Waals surface area contributed by atoms with Crippen LogP contribution in [-0.2, 0) is 6.61 Å². The van der Waals surface area contributed by atoms with Crippen molar-refractivity contribution in [3.05, 3.63) is 64.4 Å². The molecule has 6 heteroatoms. The molecule has 2 aromatic rings. The molecule has 1 amide bonds. The summed E-state index contributed by atoms with van der Waals surface area (Å²) in [7, 11) is 0. The molecule has 0 saturated heterocycles. The molecular weight excluding hydrogens is 321 g/mol. The summed E-state index contributed by atoms with van der Waals surface area (Å²) >= 11 is 5.94. The van der Waals surface area contributed by atoms with Crippen molar-refractivity contribution in [1.29, 1.82) is 0 Å². The van der Waals surface area contributed by atoms with Crippen molar-refractivity contribution in [3.8, 4) is 5.75 Å². The topological polar surface area (TPSA) is 58.6 Å². The van der Waals surface area contributed by atoms with Crippen molar-refractivity contribution < 1.29 is 19.0 Å². The maximum Gasteiger partial charge on any atom is 0.251 e. The van der Waals surface area contributed by atoms with Gasteiger partial charge in [-0.3, -0.25) is 4.79 Å². The molecule has 0 aliphatic carbocycles. The van der Waals surface area contributed by atoms with Crippen LogP contribution in [-0.4, -0.2) is 23.7 Å². The zero-order valence-corrected chi connectivity index (χ0v) is 13.3. The molecule has 0 aliphatic rings. The highest BCUT2D eigenvalue weighted by Crippen LogP contribution is 2.20. The highest BCUT2D eigenvalue weighted by molar-refractivity contribution is 6.31. The summed E-state index contributed by atoms with van der Waals surface area (Å²) in [6, 6.07) is 10.7. The van der Waals surface area contributed by atoms with Gasteiger partial charge in [-0.2, -0.15) is 0 Å². The van der Waals surface area contributed by atoms with E-state index in [0.29, 0.717) is 16.9 Å². The lowest BCUT2D eigenvalue weighted by atomic mass is 10.2. The Bertz CT molecular complexity index is 691. The number of amides is 1. The molecule has 0 aromatic heterocycles. The Morgan fingerprint density at radius 3 is 2.83 bits per heavy atom. The van der Waals surface area contributed by atoms with E-state index >= 15 is 0 Å². The lowest BCUT2D eigenvalue weighted by Crippen LogP contribution is -2.30. The molecule has 0 fully saturated rings. The SMILES string of the molecule is CC(O)CNC(=O)c1cccc(OCc2ccc(F)cc2Cl)c1. The number of carbonyl (C=O) groups is 1. The number of hydrogen-bond donors (Lipinski definition) is 2. The van der Waals surface area contributed by atoms with Gasteiger partial charge in [-0.25, -0.2) is 4.39 Å². The second kappa shape index (κ2) is 7.94. The molecule has 0 bridgehead atoms. The molecule has 0 spiro atoms. The molecule has 4 nitrogen and oxygen atoms in total. The summed E-state index contributed by atoms with van der Waals surface area (Å²) < 4.78 is 18.6. The van der Waals surface area contributed by atoms with E-state index in [2.05, 4.69) is 5.32 Å². The van der Waals surface area contributed by atoms with E-state index in [4.69, 9.17) is 16.3 Å². The van der Waals surface area contributed by atoms with E-state index in [1.807, 2.05) is 0 Å². The quantitative estimate of drug-likeness (QED) is 0.851. The van der Waals surface area contributed by atoms with Gasteiger partial charge in [0.2, 0.25) is 0 Å². The van der Waals surface area contributed by atoms with Crippen molar-refractivity contribution in [2.24, 2.45) is 0 Å². The van der Waals surface area contributed by atoms with E-state index in [-0.39, 0.29) is 24.1 Å². The Balaban J connectivity index is 2.01. The third kappa shape index (κ3) is 5.23. The molecule has 0 aliphatic heterocycles. The van der Waals surface area contributed by atoms with Gasteiger partial charge in [-0.1, -0.05) is 23.7 Å². The molecule has 122 valence electrons. The predicted octanol–water partition coefficient (Wildman–Crippen LogP) is 3.17. The number of hydrogen-bond acceptors (Lipinski definition) is 3. The first-order chi connectivity index (χ1) is 11.0. The van der Waals surface area contributed by atoms with Gasteiger partial charge >= 0.3 is 0 Å². The molecular formula is C17H17ClFNO3. The van der Waals surface area contributed by atoms with E-state index in [1.165, 1.54) is 12.1 Å². The summed E-state index contributed by atoms with van der Waals surface area (Å²) in [5, 5.41) is 12.1. The first-order valence-electron chi connectivity index (χ1n) is 7.09. The summed E-state index contributed by atoms with van der Waals surface area (Å²) in [6.45, 7) is 1.93. The van der Waals surface area contributed by atoms with Crippen LogP contribution in [0.4, 0.5) is 4.39 Å². The third-order valence-electron chi connectivity index (χ3n) is 3.06. The molecule has 1 unspecified atom stereocenters. The Morgan fingerprint density at radius 2 is 2.13 bits per heavy atom. The van der Waals surface area contributed by atoms with Gasteiger partial charge in [0.25, 0.3) is 5.91 Å². The Labute approximate surface area is 138 Å². The maximum absolute atomic E-state index is 13.0. The van der Waals surface area contributed by atoms with Crippen LogP contribution < -0.4 is 10.1 Å². The van der Waals surface area contributed by atoms with Gasteiger partial charge in [0.1, 0.15) is 18.2 Å². The van der Waals surface area contributed by atoms with Gasteiger partial charge in [-0.15, -0.1) is 0 Å². The normalized spacial score (nSPS) is 11.8. The minimum Gasteiger partial charge on any atom is -0.489 e. The smallest absolute Gasteiger partial charge is 0.251 e. The first kappa shape index (κ1) is 17.2. The first-order valence-corrected chi connectivity index (χ1v) is 7.46. The zero-order chi connectivity index (χ0) is 16.8. The van der Waals surface area contributed by atoms with Crippen LogP contribution in [0.3, 0.4) is 0 Å². The fourth-order valence-corrected chi connectivity index (χ4v) is 2.09. The number of aliphatic hydroxyl groups is 1. The van der Waals surface area contributed by atoms with E-state index in [0.717, 1.165) is 0 Å². The minimum atomic E-state index is -0.612. The summed E-state index contributed by atoms with van der Waals surface area (Å²) in [4.78, 5) is 11.9. The predicted molar refractivity (Wildman–Crippen MR) is 86.2 cm³/mol. The van der Waals surface area contributed by atoms with Gasteiger partial charge in [0, 0.05) is 17.7 Å². The Kier molecular flexibility index (Phi) is 5.96. The molecule has 23 heavy (non-hydrogen) atoms. The lowest BCUT2D eigenvalue weighted by molar-refractivity contribution is 0.0923. The van der Waals surface area contributed by atoms with E-state index in [1.54, 1.807) is 37.3 Å². The number of nitrogens with one attached hydrogen (secondary N) is 1. The lowest BCUT2D eigenvalue weighted by Gasteiger charge is -2.10. The molecule has 0 radical (unpaired) electrons. The van der Waals surface area contributed by atoms with Crippen molar-refractivity contribution in [3.63, 3.8) is 0 Å². The van der Waals surface area contributed by atoms with Crippen molar-refractivity contribution >= 4 is 17.5 Å². The molecule has 1 atom stereocenters. The average Bonchev–Trinajstić information content (AvgIpc) is 2.52. The number of aliphatic hydroxyl groups excluding tert-OH is 1. The number of benzene rings is 2. The minimum absolute atomic E-state index is 0.165. The Morgan fingerprint density at radius 1 is 1.35 bits per heavy atom. The highest BCUT2D eigenvalue weighted by atomic mass is 35.5.